The number of nitrogens with zero attached hydrogens (tertiary/aromatic N) is 2. The third kappa shape index (κ3) is 6.25. The number of methoxy groups -OCH3 is 1. The number of sulfonamides is 1. The first kappa shape index (κ1) is 25.9. The van der Waals surface area contributed by atoms with Crippen LogP contribution in [0.25, 0.3) is 0 Å². The summed E-state index contributed by atoms with van der Waals surface area (Å²) in [7, 11) is -2.68. The Morgan fingerprint density at radius 2 is 1.80 bits per heavy atom. The van der Waals surface area contributed by atoms with E-state index in [1.54, 1.807) is 36.4 Å². The number of hydrogen-bond donors (Lipinski definition) is 2. The van der Waals surface area contributed by atoms with Crippen LogP contribution in [0.2, 0.25) is 0 Å². The summed E-state index contributed by atoms with van der Waals surface area (Å²) < 4.78 is 33.6. The molecule has 0 bridgehead atoms. The van der Waals surface area contributed by atoms with E-state index >= 15 is 0 Å². The van der Waals surface area contributed by atoms with Crippen LogP contribution in [-0.4, -0.2) is 45.3 Å². The van der Waals surface area contributed by atoms with Gasteiger partial charge in [-0.3, -0.25) is 9.10 Å². The van der Waals surface area contributed by atoms with Crippen molar-refractivity contribution in [2.24, 2.45) is 5.10 Å². The number of aromatic carboxylic acids is 1. The molecule has 1 amide bonds. The summed E-state index contributed by atoms with van der Waals surface area (Å²) in [6.07, 6.45) is 1.19. The Labute approximate surface area is 211 Å². The number of benzene rings is 3. The maximum absolute atomic E-state index is 13.5. The van der Waals surface area contributed by atoms with Crippen LogP contribution in [0.3, 0.4) is 0 Å². The quantitative estimate of drug-likeness (QED) is 0.303. The van der Waals surface area contributed by atoms with Gasteiger partial charge in [-0.05, 0) is 59.3 Å². The number of anilines is 1. The predicted octanol–water partition coefficient (Wildman–Crippen LogP) is 3.81. The zero-order chi connectivity index (χ0) is 25.6. The lowest BCUT2D eigenvalue weighted by Gasteiger charge is -2.24. The summed E-state index contributed by atoms with van der Waals surface area (Å²) in [4.78, 5) is 23.9. The summed E-state index contributed by atoms with van der Waals surface area (Å²) in [6.45, 7) is 1.30. The molecule has 9 nitrogen and oxygen atoms in total. The van der Waals surface area contributed by atoms with Crippen LogP contribution >= 0.6 is 15.9 Å². The molecular weight excluding hydrogens is 538 g/mol. The average Bonchev–Trinajstić information content (AvgIpc) is 2.83. The van der Waals surface area contributed by atoms with Crippen LogP contribution in [-0.2, 0) is 14.8 Å². The number of amides is 1. The van der Waals surface area contributed by atoms with E-state index in [9.17, 15) is 23.1 Å². The normalized spacial score (nSPS) is 11.3. The van der Waals surface area contributed by atoms with Crippen molar-refractivity contribution in [2.75, 3.05) is 18.0 Å². The Morgan fingerprint density at radius 3 is 2.43 bits per heavy atom. The molecule has 0 radical (unpaired) electrons. The van der Waals surface area contributed by atoms with Gasteiger partial charge < -0.3 is 9.84 Å². The van der Waals surface area contributed by atoms with Crippen LogP contribution in [0.15, 0.2) is 81.2 Å². The fourth-order valence-electron chi connectivity index (χ4n) is 3.10. The number of halogens is 1. The highest BCUT2D eigenvalue weighted by Gasteiger charge is 2.28. The van der Waals surface area contributed by atoms with Gasteiger partial charge >= 0.3 is 5.97 Å². The van der Waals surface area contributed by atoms with Crippen molar-refractivity contribution in [3.63, 3.8) is 0 Å². The molecule has 11 heteroatoms. The van der Waals surface area contributed by atoms with Gasteiger partial charge in [-0.25, -0.2) is 18.6 Å². The summed E-state index contributed by atoms with van der Waals surface area (Å²) in [5, 5.41) is 13.1. The molecular formula is C24H22BrN3O6S. The molecule has 0 aliphatic heterocycles. The monoisotopic (exact) mass is 559 g/mol. The summed E-state index contributed by atoms with van der Waals surface area (Å²) in [5.74, 6) is -1.40. The first-order valence-corrected chi connectivity index (χ1v) is 12.4. The van der Waals surface area contributed by atoms with E-state index in [2.05, 4.69) is 26.5 Å². The van der Waals surface area contributed by atoms with E-state index in [-0.39, 0.29) is 21.7 Å². The Morgan fingerprint density at radius 1 is 1.11 bits per heavy atom. The number of carboxylic acid groups (broad SMARTS) is 1. The minimum atomic E-state index is -4.15. The van der Waals surface area contributed by atoms with Crippen molar-refractivity contribution in [2.45, 2.75) is 11.8 Å². The van der Waals surface area contributed by atoms with Crippen LogP contribution < -0.4 is 14.5 Å². The Balaban J connectivity index is 1.88. The number of nitrogens with one attached hydrogen (secondary N) is 1. The fraction of sp³-hybridized carbons (Fsp3) is 0.125. The van der Waals surface area contributed by atoms with E-state index < -0.39 is 28.4 Å². The third-order valence-electron chi connectivity index (χ3n) is 4.90. The topological polar surface area (TPSA) is 125 Å². The molecule has 0 saturated carbocycles. The van der Waals surface area contributed by atoms with Gasteiger partial charge in [-0.15, -0.1) is 0 Å². The number of hydrogen-bond acceptors (Lipinski definition) is 6. The van der Waals surface area contributed by atoms with Gasteiger partial charge in [0.25, 0.3) is 15.9 Å². The van der Waals surface area contributed by atoms with Gasteiger partial charge in [-0.1, -0.05) is 35.9 Å². The van der Waals surface area contributed by atoms with Crippen molar-refractivity contribution in [1.82, 2.24) is 5.43 Å². The van der Waals surface area contributed by atoms with Gasteiger partial charge in [0.2, 0.25) is 0 Å². The molecule has 0 saturated heterocycles. The highest BCUT2D eigenvalue weighted by Crippen LogP contribution is 2.30. The minimum absolute atomic E-state index is 0.0134. The lowest BCUT2D eigenvalue weighted by Crippen LogP contribution is -2.39. The molecule has 0 aliphatic rings. The van der Waals surface area contributed by atoms with E-state index in [1.165, 1.54) is 43.7 Å². The highest BCUT2D eigenvalue weighted by molar-refractivity contribution is 9.10. The standard InChI is InChI=1S/C24H22BrN3O6S/c1-16-7-9-18(10-8-16)28(35(32,33)19-11-12-22(34-2)21(25)13-19)15-23(29)27-26-14-17-5-3-4-6-20(17)24(30)31/h3-14H,15H2,1-2H3,(H,27,29)(H,30,31)/b26-14+. The van der Waals surface area contributed by atoms with Crippen molar-refractivity contribution in [3.05, 3.63) is 87.9 Å². The SMILES string of the molecule is COc1ccc(S(=O)(=O)N(CC(=O)N/N=C/c2ccccc2C(=O)O)c2ccc(C)cc2)cc1Br. The first-order chi connectivity index (χ1) is 16.6. The highest BCUT2D eigenvalue weighted by atomic mass is 79.9. The molecule has 0 aromatic heterocycles. The number of carboxylic acids is 1. The van der Waals surface area contributed by atoms with Crippen LogP contribution in [0.4, 0.5) is 5.69 Å². The molecule has 3 rings (SSSR count). The second-order valence-electron chi connectivity index (χ2n) is 7.33. The maximum Gasteiger partial charge on any atom is 0.336 e. The lowest BCUT2D eigenvalue weighted by molar-refractivity contribution is -0.119. The van der Waals surface area contributed by atoms with E-state index in [0.717, 1.165) is 9.87 Å². The van der Waals surface area contributed by atoms with Crippen LogP contribution in [0.1, 0.15) is 21.5 Å². The molecule has 0 fully saturated rings. The number of aryl methyl sites for hydroxylation is 1. The molecule has 0 spiro atoms. The zero-order valence-corrected chi connectivity index (χ0v) is 21.2. The van der Waals surface area contributed by atoms with Crippen LogP contribution in [0.5, 0.6) is 5.75 Å². The minimum Gasteiger partial charge on any atom is -0.496 e. The predicted molar refractivity (Wildman–Crippen MR) is 136 cm³/mol. The number of rotatable bonds is 9. The number of carbonyl (C=O) groups excluding carboxylic acids is 1. The molecule has 3 aromatic rings. The Hall–Kier alpha value is -3.70. The van der Waals surface area contributed by atoms with Crippen molar-refractivity contribution >= 4 is 49.7 Å². The Kier molecular flexibility index (Phi) is 8.26. The molecule has 35 heavy (non-hydrogen) atoms. The maximum atomic E-state index is 13.5. The summed E-state index contributed by atoms with van der Waals surface area (Å²) >= 11 is 3.29. The second kappa shape index (κ2) is 11.2. The average molecular weight is 560 g/mol. The molecule has 0 unspecified atom stereocenters. The van der Waals surface area contributed by atoms with Gasteiger partial charge in [0, 0.05) is 5.56 Å². The molecule has 0 aliphatic carbocycles. The van der Waals surface area contributed by atoms with E-state index in [0.29, 0.717) is 10.2 Å². The molecule has 3 aromatic carbocycles. The summed E-state index contributed by atoms with van der Waals surface area (Å²) in [5.41, 5.74) is 3.77. The molecule has 0 atom stereocenters. The Bertz CT molecular complexity index is 1370. The van der Waals surface area contributed by atoms with Gasteiger partial charge in [0.05, 0.1) is 33.9 Å². The number of carbonyl (C=O) groups is 2. The van der Waals surface area contributed by atoms with Crippen LogP contribution in [0, 0.1) is 6.92 Å². The lowest BCUT2D eigenvalue weighted by atomic mass is 10.1. The second-order valence-corrected chi connectivity index (χ2v) is 10.0. The molecule has 0 heterocycles. The van der Waals surface area contributed by atoms with Crippen molar-refractivity contribution in [1.29, 1.82) is 0 Å². The number of ether oxygens (including phenoxy) is 1. The van der Waals surface area contributed by atoms with Gasteiger partial charge in [0.15, 0.2) is 0 Å². The number of hydrazone groups is 1. The third-order valence-corrected chi connectivity index (χ3v) is 7.29. The van der Waals surface area contributed by atoms with Crippen molar-refractivity contribution < 1.29 is 27.9 Å². The van der Waals surface area contributed by atoms with Crippen molar-refractivity contribution in [3.8, 4) is 5.75 Å². The van der Waals surface area contributed by atoms with Gasteiger partial charge in [-0.2, -0.15) is 5.10 Å². The van der Waals surface area contributed by atoms with E-state index in [1.807, 2.05) is 6.92 Å². The van der Waals surface area contributed by atoms with E-state index in [4.69, 9.17) is 4.74 Å². The molecule has 182 valence electrons. The smallest absolute Gasteiger partial charge is 0.336 e. The largest absolute Gasteiger partial charge is 0.496 e. The fourth-order valence-corrected chi connectivity index (χ4v) is 5.24. The summed E-state index contributed by atoms with van der Waals surface area (Å²) in [6, 6.07) is 17.1. The first-order valence-electron chi connectivity index (χ1n) is 10.2. The van der Waals surface area contributed by atoms with Gasteiger partial charge in [0.1, 0.15) is 12.3 Å². The zero-order valence-electron chi connectivity index (χ0n) is 18.8. The molecule has 2 N–H and O–H groups in total.